The molecule has 0 fully saturated rings. The molecule has 1 aliphatic rings. The SMILES string of the molecule is CCc1nn2c(=O)cc(CSC3=Nc4ccccc4CS3)nc2s1. The van der Waals surface area contributed by atoms with Crippen LogP contribution in [-0.2, 0) is 17.9 Å². The molecule has 3 aromatic rings. The van der Waals surface area contributed by atoms with Crippen LogP contribution < -0.4 is 5.56 Å². The van der Waals surface area contributed by atoms with Crippen molar-refractivity contribution in [3.8, 4) is 0 Å². The lowest BCUT2D eigenvalue weighted by Crippen LogP contribution is -2.15. The van der Waals surface area contributed by atoms with Gasteiger partial charge in [-0.3, -0.25) is 4.79 Å². The summed E-state index contributed by atoms with van der Waals surface area (Å²) in [5.41, 5.74) is 2.97. The summed E-state index contributed by atoms with van der Waals surface area (Å²) in [5.74, 6) is 1.57. The molecular formula is C16H14N4OS3. The number of para-hydroxylation sites is 1. The highest BCUT2D eigenvalue weighted by Gasteiger charge is 2.14. The van der Waals surface area contributed by atoms with E-state index in [-0.39, 0.29) is 5.56 Å². The molecule has 0 spiro atoms. The molecule has 3 heterocycles. The van der Waals surface area contributed by atoms with E-state index in [0.29, 0.717) is 10.7 Å². The average Bonchev–Trinajstić information content (AvgIpc) is 3.04. The minimum atomic E-state index is -0.116. The monoisotopic (exact) mass is 374 g/mol. The summed E-state index contributed by atoms with van der Waals surface area (Å²) >= 11 is 4.84. The molecule has 0 saturated heterocycles. The van der Waals surface area contributed by atoms with Crippen molar-refractivity contribution in [3.05, 3.63) is 57.0 Å². The Balaban J connectivity index is 1.55. The molecule has 122 valence electrons. The zero-order chi connectivity index (χ0) is 16.5. The van der Waals surface area contributed by atoms with Gasteiger partial charge in [-0.1, -0.05) is 60.0 Å². The molecule has 0 aliphatic carbocycles. The summed E-state index contributed by atoms with van der Waals surface area (Å²) in [6.07, 6.45) is 0.810. The third kappa shape index (κ3) is 3.13. The maximum Gasteiger partial charge on any atom is 0.275 e. The molecule has 0 atom stereocenters. The fourth-order valence-corrected chi connectivity index (χ4v) is 5.15. The van der Waals surface area contributed by atoms with Crippen LogP contribution in [0.15, 0.2) is 40.1 Å². The molecule has 8 heteroatoms. The lowest BCUT2D eigenvalue weighted by atomic mass is 10.2. The first-order valence-corrected chi connectivity index (χ1v) is 10.3. The van der Waals surface area contributed by atoms with E-state index in [1.54, 1.807) is 29.6 Å². The van der Waals surface area contributed by atoms with Crippen molar-refractivity contribution in [1.82, 2.24) is 14.6 Å². The van der Waals surface area contributed by atoms with Crippen LogP contribution in [0.2, 0.25) is 0 Å². The number of hydrogen-bond acceptors (Lipinski definition) is 7. The number of rotatable bonds is 3. The number of aliphatic imine (C=N–C) groups is 1. The fourth-order valence-electron chi connectivity index (χ4n) is 2.33. The van der Waals surface area contributed by atoms with Crippen LogP contribution in [0.25, 0.3) is 4.96 Å². The number of aromatic nitrogens is 3. The predicted octanol–water partition coefficient (Wildman–Crippen LogP) is 3.88. The van der Waals surface area contributed by atoms with E-state index in [4.69, 9.17) is 0 Å². The number of nitrogens with zero attached hydrogens (tertiary/aromatic N) is 4. The normalized spacial score (nSPS) is 13.8. The quantitative estimate of drug-likeness (QED) is 0.696. The van der Waals surface area contributed by atoms with E-state index >= 15 is 0 Å². The van der Waals surface area contributed by atoms with Crippen LogP contribution >= 0.6 is 34.9 Å². The standard InChI is InChI=1S/C16H14N4OS3/c1-2-13-19-20-14(21)7-11(17-15(20)24-13)9-23-16-18-12-6-4-3-5-10(12)8-22-16/h3-7H,2,8-9H2,1H3. The van der Waals surface area contributed by atoms with Crippen LogP contribution in [0.5, 0.6) is 0 Å². The van der Waals surface area contributed by atoms with Crippen molar-refractivity contribution in [2.24, 2.45) is 4.99 Å². The van der Waals surface area contributed by atoms with Gasteiger partial charge in [0.2, 0.25) is 4.96 Å². The van der Waals surface area contributed by atoms with Crippen LogP contribution in [0, 0.1) is 0 Å². The van der Waals surface area contributed by atoms with Gasteiger partial charge in [0.25, 0.3) is 5.56 Å². The van der Waals surface area contributed by atoms with E-state index in [2.05, 4.69) is 21.1 Å². The fraction of sp³-hybridized carbons (Fsp3) is 0.250. The van der Waals surface area contributed by atoms with E-state index in [0.717, 1.165) is 32.9 Å². The third-order valence-corrected chi connectivity index (χ3v) is 6.87. The second kappa shape index (κ2) is 6.70. The number of aryl methyl sites for hydroxylation is 1. The Kier molecular flexibility index (Phi) is 4.43. The number of thioether (sulfide) groups is 2. The van der Waals surface area contributed by atoms with Gasteiger partial charge in [-0.2, -0.15) is 9.61 Å². The maximum absolute atomic E-state index is 12.2. The molecule has 24 heavy (non-hydrogen) atoms. The molecule has 0 N–H and O–H groups in total. The molecule has 4 rings (SSSR count). The Labute approximate surface area is 151 Å². The van der Waals surface area contributed by atoms with Gasteiger partial charge in [0.15, 0.2) is 0 Å². The summed E-state index contributed by atoms with van der Waals surface area (Å²) < 4.78 is 2.41. The Bertz CT molecular complexity index is 992. The van der Waals surface area contributed by atoms with Gasteiger partial charge in [-0.25, -0.2) is 9.98 Å². The predicted molar refractivity (Wildman–Crippen MR) is 103 cm³/mol. The van der Waals surface area contributed by atoms with Crippen LogP contribution in [0.3, 0.4) is 0 Å². The van der Waals surface area contributed by atoms with E-state index < -0.39 is 0 Å². The summed E-state index contributed by atoms with van der Waals surface area (Å²) in [6.45, 7) is 2.02. The zero-order valence-electron chi connectivity index (χ0n) is 12.9. The summed E-state index contributed by atoms with van der Waals surface area (Å²) in [5, 5.41) is 5.20. The Morgan fingerprint density at radius 3 is 3.08 bits per heavy atom. The van der Waals surface area contributed by atoms with E-state index in [9.17, 15) is 4.79 Å². The highest BCUT2D eigenvalue weighted by atomic mass is 32.2. The Hall–Kier alpha value is -1.64. The Morgan fingerprint density at radius 2 is 2.21 bits per heavy atom. The number of fused-ring (bicyclic) bond motifs is 2. The average molecular weight is 375 g/mol. The number of benzene rings is 1. The van der Waals surface area contributed by atoms with Gasteiger partial charge in [-0.05, 0) is 18.1 Å². The lowest BCUT2D eigenvalue weighted by Gasteiger charge is -2.13. The van der Waals surface area contributed by atoms with Crippen molar-refractivity contribution >= 4 is 49.9 Å². The highest BCUT2D eigenvalue weighted by molar-refractivity contribution is 8.38. The number of hydrogen-bond donors (Lipinski definition) is 0. The molecule has 1 aromatic carbocycles. The van der Waals surface area contributed by atoms with Gasteiger partial charge in [0.05, 0.1) is 11.4 Å². The molecule has 0 amide bonds. The smallest absolute Gasteiger partial charge is 0.267 e. The first kappa shape index (κ1) is 15.9. The molecule has 2 aromatic heterocycles. The van der Waals surface area contributed by atoms with Gasteiger partial charge in [0.1, 0.15) is 9.38 Å². The second-order valence-corrected chi connectivity index (χ2v) is 8.44. The van der Waals surface area contributed by atoms with Crippen molar-refractivity contribution in [1.29, 1.82) is 0 Å². The molecule has 0 unspecified atom stereocenters. The maximum atomic E-state index is 12.2. The van der Waals surface area contributed by atoms with E-state index in [1.807, 2.05) is 25.1 Å². The molecular weight excluding hydrogens is 360 g/mol. The highest BCUT2D eigenvalue weighted by Crippen LogP contribution is 2.35. The van der Waals surface area contributed by atoms with Gasteiger partial charge >= 0.3 is 0 Å². The summed E-state index contributed by atoms with van der Waals surface area (Å²) in [7, 11) is 0. The Morgan fingerprint density at radius 1 is 1.33 bits per heavy atom. The lowest BCUT2D eigenvalue weighted by molar-refractivity contribution is 0.852. The van der Waals surface area contributed by atoms with Crippen LogP contribution in [0.4, 0.5) is 5.69 Å². The molecule has 0 saturated carbocycles. The molecule has 1 aliphatic heterocycles. The summed E-state index contributed by atoms with van der Waals surface area (Å²) in [4.78, 5) is 22.1. The van der Waals surface area contributed by atoms with Crippen molar-refractivity contribution in [3.63, 3.8) is 0 Å². The minimum Gasteiger partial charge on any atom is -0.267 e. The molecule has 0 bridgehead atoms. The first-order chi connectivity index (χ1) is 11.7. The second-order valence-electron chi connectivity index (χ2n) is 5.21. The van der Waals surface area contributed by atoms with Crippen molar-refractivity contribution in [2.45, 2.75) is 24.9 Å². The van der Waals surface area contributed by atoms with Gasteiger partial charge in [-0.15, -0.1) is 0 Å². The minimum absolute atomic E-state index is 0.116. The summed E-state index contributed by atoms with van der Waals surface area (Å²) in [6, 6.07) is 9.77. The molecule has 0 radical (unpaired) electrons. The van der Waals surface area contributed by atoms with Gasteiger partial charge in [0, 0.05) is 17.6 Å². The van der Waals surface area contributed by atoms with Crippen LogP contribution in [0.1, 0.15) is 23.2 Å². The van der Waals surface area contributed by atoms with Crippen LogP contribution in [-0.4, -0.2) is 19.0 Å². The third-order valence-electron chi connectivity index (χ3n) is 3.54. The van der Waals surface area contributed by atoms with Crippen molar-refractivity contribution in [2.75, 3.05) is 0 Å². The topological polar surface area (TPSA) is 59.6 Å². The first-order valence-electron chi connectivity index (χ1n) is 7.54. The van der Waals surface area contributed by atoms with E-state index in [1.165, 1.54) is 21.4 Å². The largest absolute Gasteiger partial charge is 0.275 e. The van der Waals surface area contributed by atoms with Crippen molar-refractivity contribution < 1.29 is 0 Å². The molecule has 5 nitrogen and oxygen atoms in total. The van der Waals surface area contributed by atoms with Gasteiger partial charge < -0.3 is 0 Å². The zero-order valence-corrected chi connectivity index (χ0v) is 15.4.